The van der Waals surface area contributed by atoms with Crippen LogP contribution < -0.4 is 5.73 Å². The second-order valence-electron chi connectivity index (χ2n) is 5.96. The Hall–Kier alpha value is -1.61. The second kappa shape index (κ2) is 9.76. The fourth-order valence-electron chi connectivity index (χ4n) is 2.81. The molecule has 2 heterocycles. The number of aliphatic imine (C=N–C) groups is 1. The van der Waals surface area contributed by atoms with Crippen LogP contribution in [0.15, 0.2) is 41.5 Å². The molecule has 2 aromatic rings. The average molecular weight is 455 g/mol. The smallest absolute Gasteiger partial charge is 0.191 e. The van der Waals surface area contributed by atoms with Gasteiger partial charge in [0.25, 0.3) is 0 Å². The second-order valence-corrected chi connectivity index (χ2v) is 5.96. The van der Waals surface area contributed by atoms with Gasteiger partial charge in [0, 0.05) is 25.8 Å². The summed E-state index contributed by atoms with van der Waals surface area (Å²) >= 11 is 0. The van der Waals surface area contributed by atoms with Gasteiger partial charge in [0.05, 0.1) is 24.6 Å². The summed E-state index contributed by atoms with van der Waals surface area (Å²) < 4.78 is 7.26. The van der Waals surface area contributed by atoms with Crippen LogP contribution in [0.25, 0.3) is 5.69 Å². The number of nitrogens with two attached hydrogens (primary N) is 1. The molecular formula is C18H26IN5O. The van der Waals surface area contributed by atoms with E-state index in [-0.39, 0.29) is 24.0 Å². The summed E-state index contributed by atoms with van der Waals surface area (Å²) in [7, 11) is 0. The third-order valence-corrected chi connectivity index (χ3v) is 4.23. The molecular weight excluding hydrogens is 429 g/mol. The first-order chi connectivity index (χ1) is 11.7. The number of para-hydroxylation sites is 1. The van der Waals surface area contributed by atoms with Gasteiger partial charge >= 0.3 is 0 Å². The predicted molar refractivity (Wildman–Crippen MR) is 111 cm³/mol. The summed E-state index contributed by atoms with van der Waals surface area (Å²) in [4.78, 5) is 6.58. The largest absolute Gasteiger partial charge is 0.378 e. The first-order valence-electron chi connectivity index (χ1n) is 8.47. The molecule has 0 amide bonds. The number of aromatic nitrogens is 2. The number of nitrogens with zero attached hydrogens (tertiary/aromatic N) is 4. The number of halogens is 1. The monoisotopic (exact) mass is 455 g/mol. The number of benzene rings is 1. The number of guanidine groups is 1. The first kappa shape index (κ1) is 19.7. The summed E-state index contributed by atoms with van der Waals surface area (Å²) in [5, 5.41) is 4.60. The van der Waals surface area contributed by atoms with Crippen molar-refractivity contribution in [1.29, 1.82) is 0 Å². The molecule has 0 aliphatic carbocycles. The third kappa shape index (κ3) is 5.43. The molecule has 136 valence electrons. The molecule has 6 nitrogen and oxygen atoms in total. The van der Waals surface area contributed by atoms with E-state index in [1.807, 2.05) is 22.9 Å². The lowest BCUT2D eigenvalue weighted by Crippen LogP contribution is -2.44. The number of aryl methyl sites for hydroxylation is 2. The Morgan fingerprint density at radius 1 is 1.24 bits per heavy atom. The van der Waals surface area contributed by atoms with Gasteiger partial charge in [-0.1, -0.05) is 18.2 Å². The van der Waals surface area contributed by atoms with Crippen molar-refractivity contribution in [2.24, 2.45) is 10.7 Å². The zero-order valence-corrected chi connectivity index (χ0v) is 16.9. The van der Waals surface area contributed by atoms with Gasteiger partial charge in [0.2, 0.25) is 0 Å². The molecule has 1 aliphatic rings. The van der Waals surface area contributed by atoms with Crippen LogP contribution in [0.3, 0.4) is 0 Å². The summed E-state index contributed by atoms with van der Waals surface area (Å²) in [6.45, 7) is 5.91. The minimum Gasteiger partial charge on any atom is -0.378 e. The maximum Gasteiger partial charge on any atom is 0.191 e. The highest BCUT2D eigenvalue weighted by molar-refractivity contribution is 14.0. The molecule has 0 radical (unpaired) electrons. The van der Waals surface area contributed by atoms with E-state index < -0.39 is 0 Å². The van der Waals surface area contributed by atoms with Crippen molar-refractivity contribution in [2.75, 3.05) is 32.8 Å². The van der Waals surface area contributed by atoms with Gasteiger partial charge in [0.15, 0.2) is 5.96 Å². The van der Waals surface area contributed by atoms with Gasteiger partial charge in [-0.25, -0.2) is 4.68 Å². The van der Waals surface area contributed by atoms with Crippen molar-refractivity contribution in [2.45, 2.75) is 19.8 Å². The molecule has 1 fully saturated rings. The van der Waals surface area contributed by atoms with Crippen molar-refractivity contribution in [3.63, 3.8) is 0 Å². The maximum atomic E-state index is 6.04. The molecule has 2 N–H and O–H groups in total. The fourth-order valence-corrected chi connectivity index (χ4v) is 2.81. The molecule has 0 saturated carbocycles. The minimum atomic E-state index is 0. The predicted octanol–water partition coefficient (Wildman–Crippen LogP) is 2.38. The Morgan fingerprint density at radius 3 is 2.68 bits per heavy atom. The van der Waals surface area contributed by atoms with Crippen LogP contribution in [0.1, 0.15) is 17.7 Å². The van der Waals surface area contributed by atoms with E-state index in [0.29, 0.717) is 5.96 Å². The number of hydrogen-bond acceptors (Lipinski definition) is 3. The Morgan fingerprint density at radius 2 is 1.96 bits per heavy atom. The highest BCUT2D eigenvalue weighted by Gasteiger charge is 2.12. The molecule has 7 heteroatoms. The van der Waals surface area contributed by atoms with E-state index in [9.17, 15) is 0 Å². The topological polar surface area (TPSA) is 68.7 Å². The van der Waals surface area contributed by atoms with E-state index in [4.69, 9.17) is 10.5 Å². The van der Waals surface area contributed by atoms with Crippen LogP contribution >= 0.6 is 24.0 Å². The van der Waals surface area contributed by atoms with Crippen LogP contribution in [-0.2, 0) is 11.2 Å². The Labute approximate surface area is 166 Å². The highest BCUT2D eigenvalue weighted by Crippen LogP contribution is 2.13. The van der Waals surface area contributed by atoms with Crippen LogP contribution in [-0.4, -0.2) is 53.5 Å². The van der Waals surface area contributed by atoms with Crippen molar-refractivity contribution >= 4 is 29.9 Å². The molecule has 1 aromatic carbocycles. The van der Waals surface area contributed by atoms with E-state index in [1.165, 1.54) is 5.56 Å². The molecule has 1 saturated heterocycles. The van der Waals surface area contributed by atoms with E-state index in [1.54, 1.807) is 0 Å². The summed E-state index contributed by atoms with van der Waals surface area (Å²) in [6.07, 6.45) is 4.03. The lowest BCUT2D eigenvalue weighted by Gasteiger charge is -2.27. The lowest BCUT2D eigenvalue weighted by atomic mass is 10.1. The zero-order chi connectivity index (χ0) is 16.8. The van der Waals surface area contributed by atoms with Crippen molar-refractivity contribution in [1.82, 2.24) is 14.7 Å². The number of rotatable bonds is 5. The molecule has 0 unspecified atom stereocenters. The standard InChI is InChI=1S/C18H25N5O.HI/c1-15-16(14-23(21-15)17-7-3-2-4-8-17)6-5-9-20-18(19)22-10-12-24-13-11-22;/h2-4,7-8,14H,5-6,9-13H2,1H3,(H2,19,20);1H. The number of ether oxygens (including phenoxy) is 1. The van der Waals surface area contributed by atoms with Gasteiger partial charge in [-0.2, -0.15) is 5.10 Å². The molecule has 25 heavy (non-hydrogen) atoms. The van der Waals surface area contributed by atoms with Crippen molar-refractivity contribution < 1.29 is 4.74 Å². The Bertz CT molecular complexity index is 680. The number of morpholine rings is 1. The number of hydrogen-bond donors (Lipinski definition) is 1. The fraction of sp³-hybridized carbons (Fsp3) is 0.444. The molecule has 1 aromatic heterocycles. The lowest BCUT2D eigenvalue weighted by molar-refractivity contribution is 0.0674. The summed E-state index contributed by atoms with van der Waals surface area (Å²) in [6, 6.07) is 10.2. The van der Waals surface area contributed by atoms with Gasteiger partial charge in [-0.3, -0.25) is 4.99 Å². The van der Waals surface area contributed by atoms with Crippen LogP contribution in [0.2, 0.25) is 0 Å². The average Bonchev–Trinajstić information content (AvgIpc) is 3.01. The molecule has 0 spiro atoms. The molecule has 0 bridgehead atoms. The minimum absolute atomic E-state index is 0. The SMILES string of the molecule is Cc1nn(-c2ccccc2)cc1CCCN=C(N)N1CCOCC1.I. The Kier molecular flexibility index (Phi) is 7.70. The van der Waals surface area contributed by atoms with Crippen molar-refractivity contribution in [3.05, 3.63) is 47.8 Å². The first-order valence-corrected chi connectivity index (χ1v) is 8.47. The zero-order valence-electron chi connectivity index (χ0n) is 14.6. The van der Waals surface area contributed by atoms with E-state index in [2.05, 4.69) is 40.2 Å². The van der Waals surface area contributed by atoms with Crippen LogP contribution in [0.4, 0.5) is 0 Å². The highest BCUT2D eigenvalue weighted by atomic mass is 127. The van der Waals surface area contributed by atoms with E-state index >= 15 is 0 Å². The van der Waals surface area contributed by atoms with Gasteiger partial charge < -0.3 is 15.4 Å². The van der Waals surface area contributed by atoms with Crippen molar-refractivity contribution in [3.8, 4) is 5.69 Å². The molecule has 1 aliphatic heterocycles. The van der Waals surface area contributed by atoms with Gasteiger partial charge in [-0.05, 0) is 37.5 Å². The van der Waals surface area contributed by atoms with Crippen LogP contribution in [0, 0.1) is 6.92 Å². The molecule has 3 rings (SSSR count). The molecule has 0 atom stereocenters. The van der Waals surface area contributed by atoms with Gasteiger partial charge in [0.1, 0.15) is 0 Å². The Balaban J connectivity index is 0.00000225. The van der Waals surface area contributed by atoms with Gasteiger partial charge in [-0.15, -0.1) is 24.0 Å². The third-order valence-electron chi connectivity index (χ3n) is 4.23. The summed E-state index contributed by atoms with van der Waals surface area (Å²) in [5.41, 5.74) is 9.46. The normalized spacial score (nSPS) is 15.1. The quantitative estimate of drug-likeness (QED) is 0.326. The van der Waals surface area contributed by atoms with Crippen LogP contribution in [0.5, 0.6) is 0 Å². The van der Waals surface area contributed by atoms with E-state index in [0.717, 1.165) is 57.1 Å². The maximum absolute atomic E-state index is 6.04. The summed E-state index contributed by atoms with van der Waals surface area (Å²) in [5.74, 6) is 0.634.